The van der Waals surface area contributed by atoms with E-state index in [1.54, 1.807) is 0 Å². The number of hydrogen-bond donors (Lipinski definition) is 3. The fourth-order valence-electron chi connectivity index (χ4n) is 7.10. The molecule has 9 rings (SSSR count). The molecule has 0 aliphatic carbocycles. The van der Waals surface area contributed by atoms with Gasteiger partial charge in [-0.1, -0.05) is 84.9 Å². The van der Waals surface area contributed by atoms with Crippen molar-refractivity contribution in [3.63, 3.8) is 0 Å². The molecule has 0 amide bonds. The maximum Gasteiger partial charge on any atom is 0.0646 e. The van der Waals surface area contributed by atoms with Crippen LogP contribution in [0.5, 0.6) is 0 Å². The first-order valence-electron chi connectivity index (χ1n) is 16.7. The number of likely N-dealkylation sites (N-methyl/N-ethyl adjacent to an activating group) is 1. The molecule has 2 aliphatic rings. The SMILES string of the molecule is CN1C=CC(c2c(-c3ccccc3)c3n(-c4ccccc4)c2=Cc2ccc([nH]2)C=c2ccc([nH]2)=Cc2ccc([nH]2)C=3c2ccccc2)=CC1.Cl. The summed E-state index contributed by atoms with van der Waals surface area (Å²) in [5.41, 5.74) is 12.2. The number of allylic oxidation sites excluding steroid dienone is 2. The van der Waals surface area contributed by atoms with Gasteiger partial charge >= 0.3 is 0 Å². The monoisotopic (exact) mass is 669 g/mol. The van der Waals surface area contributed by atoms with E-state index in [1.165, 1.54) is 16.7 Å². The maximum absolute atomic E-state index is 3.82. The molecule has 3 N–H and O–H groups in total. The van der Waals surface area contributed by atoms with Gasteiger partial charge in [0, 0.05) is 69.5 Å². The lowest BCUT2D eigenvalue weighted by Gasteiger charge is -2.18. The quantitative estimate of drug-likeness (QED) is 0.199. The molecule has 50 heavy (non-hydrogen) atoms. The Morgan fingerprint density at radius 1 is 0.560 bits per heavy atom. The lowest BCUT2D eigenvalue weighted by atomic mass is 9.93. The first kappa shape index (κ1) is 31.1. The molecule has 0 unspecified atom stereocenters. The number of nitrogens with zero attached hydrogens (tertiary/aromatic N) is 2. The molecule has 8 bridgehead atoms. The van der Waals surface area contributed by atoms with Crippen LogP contribution in [-0.4, -0.2) is 38.0 Å². The van der Waals surface area contributed by atoms with E-state index in [9.17, 15) is 0 Å². The number of rotatable bonds is 4. The fourth-order valence-corrected chi connectivity index (χ4v) is 7.10. The van der Waals surface area contributed by atoms with Gasteiger partial charge in [-0.2, -0.15) is 0 Å². The van der Waals surface area contributed by atoms with Crippen molar-refractivity contribution in [2.45, 2.75) is 0 Å². The zero-order valence-corrected chi connectivity index (χ0v) is 28.4. The second-order valence-corrected chi connectivity index (χ2v) is 12.7. The number of halogens is 1. The molecular formula is C44H36ClN5. The Labute approximate surface area is 296 Å². The summed E-state index contributed by atoms with van der Waals surface area (Å²) in [6, 6.07) is 45.4. The highest BCUT2D eigenvalue weighted by Crippen LogP contribution is 2.31. The van der Waals surface area contributed by atoms with Crippen LogP contribution >= 0.6 is 12.4 Å². The molecule has 0 saturated carbocycles. The third kappa shape index (κ3) is 5.68. The van der Waals surface area contributed by atoms with Crippen LogP contribution in [0.3, 0.4) is 0 Å². The summed E-state index contributed by atoms with van der Waals surface area (Å²) < 4.78 is 2.46. The number of fused-ring (bicyclic) bond motifs is 8. The van der Waals surface area contributed by atoms with Gasteiger partial charge in [0.25, 0.3) is 0 Å². The van der Waals surface area contributed by atoms with Gasteiger partial charge in [-0.25, -0.2) is 0 Å². The molecule has 0 radical (unpaired) electrons. The highest BCUT2D eigenvalue weighted by molar-refractivity contribution is 5.91. The van der Waals surface area contributed by atoms with Crippen molar-refractivity contribution in [1.82, 2.24) is 24.4 Å². The Bertz CT molecular complexity index is 2630. The first-order valence-corrected chi connectivity index (χ1v) is 16.7. The van der Waals surface area contributed by atoms with Gasteiger partial charge in [0.15, 0.2) is 0 Å². The third-order valence-corrected chi connectivity index (χ3v) is 9.33. The minimum Gasteiger partial charge on any atom is -0.377 e. The number of para-hydroxylation sites is 1. The van der Waals surface area contributed by atoms with Crippen molar-refractivity contribution in [2.24, 2.45) is 0 Å². The third-order valence-electron chi connectivity index (χ3n) is 9.33. The summed E-state index contributed by atoms with van der Waals surface area (Å²) in [5.74, 6) is 0. The zero-order chi connectivity index (χ0) is 32.7. The normalized spacial score (nSPS) is 13.5. The average molecular weight is 670 g/mol. The van der Waals surface area contributed by atoms with E-state index in [0.29, 0.717) is 0 Å². The van der Waals surface area contributed by atoms with Crippen LogP contribution in [0, 0.1) is 0 Å². The van der Waals surface area contributed by atoms with Gasteiger partial charge in [0.1, 0.15) is 0 Å². The predicted octanol–water partition coefficient (Wildman–Crippen LogP) is 6.44. The van der Waals surface area contributed by atoms with E-state index in [-0.39, 0.29) is 12.4 Å². The number of H-pyrrole nitrogens is 3. The second-order valence-electron chi connectivity index (χ2n) is 12.7. The molecule has 3 aromatic carbocycles. The smallest absolute Gasteiger partial charge is 0.0646 e. The van der Waals surface area contributed by atoms with Gasteiger partial charge in [0.2, 0.25) is 0 Å². The van der Waals surface area contributed by atoms with Crippen LogP contribution in [0.2, 0.25) is 0 Å². The number of aromatic amines is 3. The number of aromatic nitrogens is 4. The summed E-state index contributed by atoms with van der Waals surface area (Å²) in [7, 11) is 2.12. The molecule has 7 aromatic rings. The van der Waals surface area contributed by atoms with E-state index < -0.39 is 0 Å². The molecule has 2 aliphatic heterocycles. The molecule has 0 atom stereocenters. The summed E-state index contributed by atoms with van der Waals surface area (Å²) in [6.45, 7) is 0.829. The highest BCUT2D eigenvalue weighted by Gasteiger charge is 2.24. The summed E-state index contributed by atoms with van der Waals surface area (Å²) in [4.78, 5) is 13.3. The predicted molar refractivity (Wildman–Crippen MR) is 208 cm³/mol. The Hall–Kier alpha value is -6.17. The number of benzene rings is 3. The number of hydrogen-bond acceptors (Lipinski definition) is 1. The lowest BCUT2D eigenvalue weighted by molar-refractivity contribution is 0.506. The summed E-state index contributed by atoms with van der Waals surface area (Å²) in [6.07, 6.45) is 13.4. The Morgan fingerprint density at radius 3 is 1.82 bits per heavy atom. The van der Waals surface area contributed by atoms with E-state index in [1.807, 2.05) is 0 Å². The Kier molecular flexibility index (Phi) is 8.11. The topological polar surface area (TPSA) is 55.5 Å². The molecule has 4 aromatic heterocycles. The molecule has 6 heterocycles. The molecule has 244 valence electrons. The summed E-state index contributed by atoms with van der Waals surface area (Å²) in [5, 5.41) is 4.31. The molecule has 0 spiro atoms. The van der Waals surface area contributed by atoms with E-state index in [4.69, 9.17) is 0 Å². The van der Waals surface area contributed by atoms with Crippen LogP contribution in [0.1, 0.15) is 33.9 Å². The van der Waals surface area contributed by atoms with Gasteiger partial charge in [-0.05, 0) is 95.7 Å². The van der Waals surface area contributed by atoms with Crippen LogP contribution < -0.4 is 21.4 Å². The van der Waals surface area contributed by atoms with Crippen molar-refractivity contribution in [2.75, 3.05) is 13.6 Å². The lowest BCUT2D eigenvalue weighted by Crippen LogP contribution is -2.29. The van der Waals surface area contributed by atoms with E-state index in [2.05, 4.69) is 195 Å². The minimum atomic E-state index is 0. The van der Waals surface area contributed by atoms with Crippen LogP contribution in [-0.2, 0) is 0 Å². The minimum absolute atomic E-state index is 0. The molecule has 6 heteroatoms. The fraction of sp³-hybridized carbons (Fsp3) is 0.0455. The molecule has 0 saturated heterocycles. The van der Waals surface area contributed by atoms with Gasteiger partial charge < -0.3 is 24.4 Å². The van der Waals surface area contributed by atoms with Crippen LogP contribution in [0.25, 0.3) is 46.2 Å². The van der Waals surface area contributed by atoms with E-state index >= 15 is 0 Å². The van der Waals surface area contributed by atoms with Crippen molar-refractivity contribution in [3.05, 3.63) is 201 Å². The molecule has 5 nitrogen and oxygen atoms in total. The van der Waals surface area contributed by atoms with Crippen molar-refractivity contribution >= 4 is 41.8 Å². The van der Waals surface area contributed by atoms with Gasteiger partial charge in [-0.3, -0.25) is 0 Å². The Balaban J connectivity index is 0.00000361. The second kappa shape index (κ2) is 13.0. The first-order chi connectivity index (χ1) is 24.2. The standard InChI is InChI=1S/C44H35N5.ClH/c1-48-25-23-32(24-26-48)42-40-29-37-20-19-34(46-37)27-33-17-18-35(45-33)28-36-21-22-39(47-36)41(30-11-5-2-6-12-30)44(43(42)31-13-7-3-8-14-31)49(40)38-15-9-4-10-16-38;/h2-25,27-29,45-47H,26H2,1H3;1H. The number of nitrogens with one attached hydrogen (secondary N) is 3. The van der Waals surface area contributed by atoms with Crippen molar-refractivity contribution < 1.29 is 0 Å². The molecular weight excluding hydrogens is 634 g/mol. The zero-order valence-electron chi connectivity index (χ0n) is 27.6. The Morgan fingerprint density at radius 2 is 1.16 bits per heavy atom. The van der Waals surface area contributed by atoms with Crippen LogP contribution in [0.4, 0.5) is 0 Å². The van der Waals surface area contributed by atoms with Crippen LogP contribution in [0.15, 0.2) is 146 Å². The molecule has 0 fully saturated rings. The largest absolute Gasteiger partial charge is 0.377 e. The van der Waals surface area contributed by atoms with Gasteiger partial charge in [0.05, 0.1) is 10.7 Å². The average Bonchev–Trinajstić information content (AvgIpc) is 3.95. The van der Waals surface area contributed by atoms with Crippen molar-refractivity contribution in [3.8, 4) is 16.8 Å². The van der Waals surface area contributed by atoms with E-state index in [0.717, 1.165) is 73.1 Å². The highest BCUT2D eigenvalue weighted by atomic mass is 35.5. The summed E-state index contributed by atoms with van der Waals surface area (Å²) >= 11 is 0. The van der Waals surface area contributed by atoms with Crippen molar-refractivity contribution in [1.29, 1.82) is 0 Å². The maximum atomic E-state index is 3.82. The van der Waals surface area contributed by atoms with Gasteiger partial charge in [-0.15, -0.1) is 12.4 Å².